The molecule has 1 saturated heterocycles. The Bertz CT molecular complexity index is 1050. The summed E-state index contributed by atoms with van der Waals surface area (Å²) in [5.41, 5.74) is 2.31. The first-order chi connectivity index (χ1) is 15.5. The number of hydrogen-bond donors (Lipinski definition) is 0. The van der Waals surface area contributed by atoms with E-state index >= 15 is 0 Å². The van der Waals surface area contributed by atoms with Crippen LogP contribution in [-0.4, -0.2) is 39.8 Å². The molecule has 0 N–H and O–H groups in total. The van der Waals surface area contributed by atoms with E-state index < -0.39 is 0 Å². The highest BCUT2D eigenvalue weighted by Gasteiger charge is 2.35. The van der Waals surface area contributed by atoms with Gasteiger partial charge in [-0.05, 0) is 45.1 Å². The number of carbonyl (C=O) groups is 2. The number of carbonyl (C=O) groups excluding carboxylic acids is 2. The molecule has 32 heavy (non-hydrogen) atoms. The largest absolute Gasteiger partial charge is 0.342 e. The van der Waals surface area contributed by atoms with Gasteiger partial charge in [0.05, 0.1) is 6.54 Å². The molecule has 2 aliphatic heterocycles. The summed E-state index contributed by atoms with van der Waals surface area (Å²) < 4.78 is 14.3. The fourth-order valence-electron chi connectivity index (χ4n) is 5.05. The van der Waals surface area contributed by atoms with Crippen molar-refractivity contribution in [3.05, 3.63) is 52.7 Å². The molecule has 5 rings (SSSR count). The topological polar surface area (TPSA) is 66.4 Å². The Labute approximate surface area is 187 Å². The first kappa shape index (κ1) is 21.0. The summed E-state index contributed by atoms with van der Waals surface area (Å²) >= 11 is 0. The van der Waals surface area contributed by atoms with Crippen molar-refractivity contribution in [1.29, 1.82) is 0 Å². The molecule has 2 fully saturated rings. The van der Waals surface area contributed by atoms with Gasteiger partial charge < -0.3 is 4.90 Å². The molecule has 2 amide bonds. The Morgan fingerprint density at radius 2 is 1.94 bits per heavy atom. The maximum absolute atomic E-state index is 14.3. The Morgan fingerprint density at radius 1 is 1.12 bits per heavy atom. The third-order valence-electron chi connectivity index (χ3n) is 7.19. The van der Waals surface area contributed by atoms with Gasteiger partial charge >= 0.3 is 0 Å². The highest BCUT2D eigenvalue weighted by atomic mass is 19.1. The van der Waals surface area contributed by atoms with Crippen molar-refractivity contribution in [2.45, 2.75) is 64.3 Å². The zero-order valence-corrected chi connectivity index (χ0v) is 18.5. The lowest BCUT2D eigenvalue weighted by atomic mass is 9.83. The first-order valence-electron chi connectivity index (χ1n) is 11.7. The van der Waals surface area contributed by atoms with Crippen molar-refractivity contribution in [3.8, 4) is 0 Å². The van der Waals surface area contributed by atoms with E-state index in [1.165, 1.54) is 6.07 Å². The molecule has 7 heteroatoms. The predicted octanol–water partition coefficient (Wildman–Crippen LogP) is 3.91. The highest BCUT2D eigenvalue weighted by molar-refractivity contribution is 5.95. The maximum Gasteiger partial charge on any atom is 0.228 e. The molecular formula is C25H29FN4O2. The average Bonchev–Trinajstić information content (AvgIpc) is 2.76. The monoisotopic (exact) mass is 436 g/mol. The molecule has 1 aromatic heterocycles. The smallest absolute Gasteiger partial charge is 0.228 e. The molecule has 3 heterocycles. The number of aryl methyl sites for hydroxylation is 1. The molecule has 0 radical (unpaired) electrons. The minimum Gasteiger partial charge on any atom is -0.342 e. The summed E-state index contributed by atoms with van der Waals surface area (Å²) in [5.74, 6) is 1.45. The molecule has 168 valence electrons. The Hall–Kier alpha value is -2.83. The van der Waals surface area contributed by atoms with E-state index in [2.05, 4.69) is 0 Å². The standard InChI is InChI=1S/C25H29FN4O2/c1-16-20-11-12-22(31)30(15-18-6-2-3-10-21(18)26)24(20)28-23(27-16)19-9-5-13-29(14-19)25(32)17-7-4-8-17/h2-3,6,10,17,19H,4-5,7-9,11-15H2,1H3/t19-/m0/s1. The summed E-state index contributed by atoms with van der Waals surface area (Å²) in [6, 6.07) is 6.54. The van der Waals surface area contributed by atoms with Gasteiger partial charge in [-0.3, -0.25) is 14.5 Å². The fourth-order valence-corrected chi connectivity index (χ4v) is 5.05. The number of aromatic nitrogens is 2. The maximum atomic E-state index is 14.3. The normalized spacial score (nSPS) is 21.3. The number of piperidine rings is 1. The van der Waals surface area contributed by atoms with E-state index in [0.717, 1.165) is 49.9 Å². The summed E-state index contributed by atoms with van der Waals surface area (Å²) in [6.45, 7) is 3.55. The molecule has 2 aromatic rings. The second kappa shape index (κ2) is 8.60. The van der Waals surface area contributed by atoms with E-state index in [-0.39, 0.29) is 36.0 Å². The molecule has 1 aliphatic carbocycles. The molecule has 0 bridgehead atoms. The van der Waals surface area contributed by atoms with E-state index in [1.54, 1.807) is 23.1 Å². The van der Waals surface area contributed by atoms with Crippen LogP contribution in [0, 0.1) is 18.7 Å². The van der Waals surface area contributed by atoms with E-state index in [4.69, 9.17) is 9.97 Å². The number of likely N-dealkylation sites (tertiary alicyclic amines) is 1. The van der Waals surface area contributed by atoms with Crippen LogP contribution in [0.5, 0.6) is 0 Å². The Balaban J connectivity index is 1.43. The second-order valence-corrected chi connectivity index (χ2v) is 9.29. The van der Waals surface area contributed by atoms with Gasteiger partial charge in [-0.25, -0.2) is 14.4 Å². The minimum absolute atomic E-state index is 0.0461. The average molecular weight is 437 g/mol. The van der Waals surface area contributed by atoms with Gasteiger partial charge in [-0.1, -0.05) is 24.6 Å². The molecule has 6 nitrogen and oxygen atoms in total. The lowest BCUT2D eigenvalue weighted by molar-refractivity contribution is -0.139. The van der Waals surface area contributed by atoms with Crippen molar-refractivity contribution in [1.82, 2.24) is 14.9 Å². The molecule has 1 atom stereocenters. The highest BCUT2D eigenvalue weighted by Crippen LogP contribution is 2.35. The first-order valence-corrected chi connectivity index (χ1v) is 11.7. The van der Waals surface area contributed by atoms with Crippen LogP contribution in [0.4, 0.5) is 10.2 Å². The molecule has 1 saturated carbocycles. The lowest BCUT2D eigenvalue weighted by Gasteiger charge is -2.37. The van der Waals surface area contributed by atoms with Gasteiger partial charge in [0.2, 0.25) is 11.8 Å². The zero-order valence-electron chi connectivity index (χ0n) is 18.5. The summed E-state index contributed by atoms with van der Waals surface area (Å²) in [7, 11) is 0. The molecule has 1 aromatic carbocycles. The molecular weight excluding hydrogens is 407 g/mol. The summed E-state index contributed by atoms with van der Waals surface area (Å²) in [4.78, 5) is 38.9. The van der Waals surface area contributed by atoms with Crippen LogP contribution in [0.15, 0.2) is 24.3 Å². The predicted molar refractivity (Wildman–Crippen MR) is 119 cm³/mol. The number of amides is 2. The Morgan fingerprint density at radius 3 is 2.69 bits per heavy atom. The van der Waals surface area contributed by atoms with Crippen molar-refractivity contribution in [2.75, 3.05) is 18.0 Å². The van der Waals surface area contributed by atoms with Gasteiger partial charge in [0, 0.05) is 48.2 Å². The number of fused-ring (bicyclic) bond motifs is 1. The summed E-state index contributed by atoms with van der Waals surface area (Å²) in [6.07, 6.45) is 5.98. The zero-order chi connectivity index (χ0) is 22.2. The third kappa shape index (κ3) is 3.89. The molecule has 3 aliphatic rings. The number of rotatable bonds is 4. The van der Waals surface area contributed by atoms with E-state index in [1.807, 2.05) is 11.8 Å². The van der Waals surface area contributed by atoms with Crippen LogP contribution in [0.25, 0.3) is 0 Å². The van der Waals surface area contributed by atoms with Crippen LogP contribution in [0.2, 0.25) is 0 Å². The van der Waals surface area contributed by atoms with Gasteiger partial charge in [-0.15, -0.1) is 0 Å². The van der Waals surface area contributed by atoms with Gasteiger partial charge in [-0.2, -0.15) is 0 Å². The van der Waals surface area contributed by atoms with Gasteiger partial charge in [0.25, 0.3) is 0 Å². The third-order valence-corrected chi connectivity index (χ3v) is 7.19. The summed E-state index contributed by atoms with van der Waals surface area (Å²) in [5, 5.41) is 0. The number of halogens is 1. The molecule has 0 unspecified atom stereocenters. The number of hydrogen-bond acceptors (Lipinski definition) is 4. The van der Waals surface area contributed by atoms with Crippen LogP contribution in [0.3, 0.4) is 0 Å². The van der Waals surface area contributed by atoms with E-state index in [0.29, 0.717) is 36.6 Å². The van der Waals surface area contributed by atoms with Crippen LogP contribution < -0.4 is 4.90 Å². The quantitative estimate of drug-likeness (QED) is 0.729. The number of benzene rings is 1. The van der Waals surface area contributed by atoms with Gasteiger partial charge in [0.15, 0.2) is 0 Å². The van der Waals surface area contributed by atoms with Crippen molar-refractivity contribution in [3.63, 3.8) is 0 Å². The molecule has 0 spiro atoms. The van der Waals surface area contributed by atoms with Crippen molar-refractivity contribution < 1.29 is 14.0 Å². The Kier molecular flexibility index (Phi) is 5.66. The minimum atomic E-state index is -0.323. The van der Waals surface area contributed by atoms with E-state index in [9.17, 15) is 14.0 Å². The number of nitrogens with zero attached hydrogens (tertiary/aromatic N) is 4. The SMILES string of the molecule is Cc1nc([C@H]2CCCN(C(=O)C3CCC3)C2)nc2c1CCC(=O)N2Cc1ccccc1F. The van der Waals surface area contributed by atoms with Gasteiger partial charge in [0.1, 0.15) is 17.5 Å². The lowest BCUT2D eigenvalue weighted by Crippen LogP contribution is -2.44. The van der Waals surface area contributed by atoms with Crippen LogP contribution >= 0.6 is 0 Å². The fraction of sp³-hybridized carbons (Fsp3) is 0.520. The van der Waals surface area contributed by atoms with Crippen molar-refractivity contribution in [2.24, 2.45) is 5.92 Å². The second-order valence-electron chi connectivity index (χ2n) is 9.29. The number of anilines is 1. The van der Waals surface area contributed by atoms with Crippen LogP contribution in [-0.2, 0) is 22.6 Å². The van der Waals surface area contributed by atoms with Crippen LogP contribution in [0.1, 0.15) is 67.1 Å². The van der Waals surface area contributed by atoms with Crippen molar-refractivity contribution >= 4 is 17.6 Å².